The maximum absolute atomic E-state index is 10.9. The first-order valence-electron chi connectivity index (χ1n) is 12.1. The van der Waals surface area contributed by atoms with Crippen LogP contribution < -0.4 is 0 Å². The van der Waals surface area contributed by atoms with Crippen molar-refractivity contribution in [2.24, 2.45) is 5.11 Å². The lowest BCUT2D eigenvalue weighted by molar-refractivity contribution is -0.365. The van der Waals surface area contributed by atoms with Gasteiger partial charge in [-0.05, 0) is 5.53 Å². The van der Waals surface area contributed by atoms with E-state index in [1.54, 1.807) is 0 Å². The Morgan fingerprint density at radius 2 is 1.13 bits per heavy atom. The van der Waals surface area contributed by atoms with Crippen LogP contribution in [0.15, 0.2) is 5.11 Å². The van der Waals surface area contributed by atoms with E-state index in [4.69, 9.17) is 34.0 Å². The van der Waals surface area contributed by atoms with Crippen LogP contribution in [-0.2, 0) is 28.4 Å². The molecule has 3 rings (SSSR count). The Morgan fingerprint density at radius 3 is 1.69 bits per heavy atom. The van der Waals surface area contributed by atoms with Crippen LogP contribution in [0.25, 0.3) is 10.4 Å². The molecule has 39 heavy (non-hydrogen) atoms. The fourth-order valence-electron chi connectivity index (χ4n) is 4.32. The summed E-state index contributed by atoms with van der Waals surface area (Å²) in [6, 6.07) is 0. The van der Waals surface area contributed by atoms with Gasteiger partial charge >= 0.3 is 0 Å². The summed E-state index contributed by atoms with van der Waals surface area (Å²) in [6.45, 7) is -2.47. The maximum Gasteiger partial charge on any atom is 0.187 e. The largest absolute Gasteiger partial charge is 0.394 e. The van der Waals surface area contributed by atoms with Crippen molar-refractivity contribution in [1.82, 2.24) is 0 Å². The Hall–Kier alpha value is -1.33. The van der Waals surface area contributed by atoms with Gasteiger partial charge in [0.1, 0.15) is 73.2 Å². The minimum atomic E-state index is -1.86. The molecule has 3 aliphatic heterocycles. The Bertz CT molecular complexity index is 805. The first kappa shape index (κ1) is 32.2. The molecule has 0 unspecified atom stereocenters. The topological polar surface area (TPSA) is 306 Å². The summed E-state index contributed by atoms with van der Waals surface area (Å²) in [5.74, 6) is 0. The Labute approximate surface area is 220 Å². The second-order valence-corrected chi connectivity index (χ2v) is 9.18. The van der Waals surface area contributed by atoms with E-state index in [9.17, 15) is 51.1 Å². The molecule has 0 aliphatic carbocycles. The Morgan fingerprint density at radius 1 is 0.615 bits per heavy atom. The van der Waals surface area contributed by atoms with Crippen molar-refractivity contribution in [3.63, 3.8) is 0 Å². The molecule has 0 amide bonds. The highest BCUT2D eigenvalue weighted by Gasteiger charge is 2.52. The van der Waals surface area contributed by atoms with E-state index in [1.807, 2.05) is 0 Å². The minimum absolute atomic E-state index is 0.157. The third-order valence-electron chi connectivity index (χ3n) is 6.59. The standard InChI is InChI=1S/C20H35N3O16/c21-23-22-1-2-34-19-16(33)17(39-20-15(32)13(30)10(27)7(4-25)37-20)11(28)8(38-19)5-35-18-14(31)12(29)9(26)6(3-24)36-18/h6-20,24-33H,1-5H2/t6-,7-,8-,9-,10-,11-,12+,13+,14+,15+,16+,17+,18+,19+,20-/m1/s1. The van der Waals surface area contributed by atoms with E-state index in [-0.39, 0.29) is 13.2 Å². The number of hydrogen-bond donors (Lipinski definition) is 10. The van der Waals surface area contributed by atoms with Crippen LogP contribution in [0.4, 0.5) is 0 Å². The predicted molar refractivity (Wildman–Crippen MR) is 119 cm³/mol. The Kier molecular flexibility index (Phi) is 12.0. The highest BCUT2D eigenvalue weighted by molar-refractivity contribution is 4.95. The van der Waals surface area contributed by atoms with Crippen LogP contribution in [0.3, 0.4) is 0 Å². The first-order valence-corrected chi connectivity index (χ1v) is 12.1. The van der Waals surface area contributed by atoms with E-state index in [2.05, 4.69) is 10.0 Å². The number of ether oxygens (including phenoxy) is 6. The lowest BCUT2D eigenvalue weighted by atomic mass is 9.96. The van der Waals surface area contributed by atoms with Crippen LogP contribution in [0.1, 0.15) is 0 Å². The minimum Gasteiger partial charge on any atom is -0.394 e. The van der Waals surface area contributed by atoms with Gasteiger partial charge in [0.25, 0.3) is 0 Å². The highest BCUT2D eigenvalue weighted by Crippen LogP contribution is 2.30. The molecular weight excluding hydrogens is 538 g/mol. The molecule has 0 aromatic carbocycles. The van der Waals surface area contributed by atoms with Crippen molar-refractivity contribution in [2.75, 3.05) is 33.0 Å². The van der Waals surface area contributed by atoms with Gasteiger partial charge in [0.2, 0.25) is 0 Å². The predicted octanol–water partition coefficient (Wildman–Crippen LogP) is -6.24. The van der Waals surface area contributed by atoms with Gasteiger partial charge in [-0.15, -0.1) is 0 Å². The average Bonchev–Trinajstić information content (AvgIpc) is 2.93. The van der Waals surface area contributed by atoms with Gasteiger partial charge in [0.15, 0.2) is 18.9 Å². The molecule has 3 fully saturated rings. The van der Waals surface area contributed by atoms with Crippen LogP contribution in [0.2, 0.25) is 0 Å². The van der Waals surface area contributed by atoms with Crippen molar-refractivity contribution in [3.05, 3.63) is 10.4 Å². The molecule has 0 bridgehead atoms. The maximum atomic E-state index is 10.9. The summed E-state index contributed by atoms with van der Waals surface area (Å²) < 4.78 is 32.4. The van der Waals surface area contributed by atoms with Crippen LogP contribution in [0.5, 0.6) is 0 Å². The third kappa shape index (κ3) is 7.31. The molecule has 0 spiro atoms. The number of aliphatic hydroxyl groups is 10. The highest BCUT2D eigenvalue weighted by atomic mass is 16.7. The normalized spacial score (nSPS) is 47.0. The van der Waals surface area contributed by atoms with Gasteiger partial charge in [-0.25, -0.2) is 0 Å². The molecule has 15 atom stereocenters. The summed E-state index contributed by atoms with van der Waals surface area (Å²) in [5.41, 5.74) is 8.43. The Balaban J connectivity index is 1.74. The molecule has 3 heterocycles. The lowest BCUT2D eigenvalue weighted by Crippen LogP contribution is -2.65. The van der Waals surface area contributed by atoms with Gasteiger partial charge in [0.05, 0.1) is 26.4 Å². The third-order valence-corrected chi connectivity index (χ3v) is 6.59. The van der Waals surface area contributed by atoms with Gasteiger partial charge in [0, 0.05) is 11.5 Å². The number of azide groups is 1. The molecule has 0 saturated carbocycles. The van der Waals surface area contributed by atoms with E-state index in [0.717, 1.165) is 0 Å². The molecular formula is C20H35N3O16. The van der Waals surface area contributed by atoms with E-state index in [1.165, 1.54) is 0 Å². The molecule has 19 nitrogen and oxygen atoms in total. The molecule has 0 radical (unpaired) electrons. The van der Waals surface area contributed by atoms with E-state index in [0.29, 0.717) is 0 Å². The smallest absolute Gasteiger partial charge is 0.187 e. The van der Waals surface area contributed by atoms with Crippen molar-refractivity contribution in [2.45, 2.75) is 92.1 Å². The number of nitrogens with zero attached hydrogens (tertiary/aromatic N) is 3. The van der Waals surface area contributed by atoms with Crippen LogP contribution in [-0.4, -0.2) is 176 Å². The fourth-order valence-corrected chi connectivity index (χ4v) is 4.32. The zero-order valence-corrected chi connectivity index (χ0v) is 20.5. The van der Waals surface area contributed by atoms with Crippen molar-refractivity contribution < 1.29 is 79.5 Å². The first-order chi connectivity index (χ1) is 18.5. The monoisotopic (exact) mass is 573 g/mol. The summed E-state index contributed by atoms with van der Waals surface area (Å²) in [4.78, 5) is 2.56. The molecule has 19 heteroatoms. The summed E-state index contributed by atoms with van der Waals surface area (Å²) in [6.07, 6.45) is -24.6. The summed E-state index contributed by atoms with van der Waals surface area (Å²) in [5, 5.41) is 104. The molecule has 3 saturated heterocycles. The number of rotatable bonds is 11. The van der Waals surface area contributed by atoms with Crippen LogP contribution >= 0.6 is 0 Å². The van der Waals surface area contributed by atoms with Gasteiger partial charge in [-0.2, -0.15) is 0 Å². The van der Waals surface area contributed by atoms with Crippen molar-refractivity contribution in [3.8, 4) is 0 Å². The molecule has 0 aromatic heterocycles. The summed E-state index contributed by atoms with van der Waals surface area (Å²) >= 11 is 0. The number of hydrogen-bond acceptors (Lipinski definition) is 17. The van der Waals surface area contributed by atoms with E-state index < -0.39 is 112 Å². The number of aliphatic hydroxyl groups excluding tert-OH is 10. The second-order valence-electron chi connectivity index (χ2n) is 9.18. The average molecular weight is 574 g/mol. The lowest BCUT2D eigenvalue weighted by Gasteiger charge is -2.46. The van der Waals surface area contributed by atoms with Gasteiger partial charge in [-0.1, -0.05) is 5.11 Å². The zero-order chi connectivity index (χ0) is 28.9. The molecule has 226 valence electrons. The van der Waals surface area contributed by atoms with Gasteiger partial charge < -0.3 is 79.5 Å². The van der Waals surface area contributed by atoms with Gasteiger partial charge in [-0.3, -0.25) is 0 Å². The summed E-state index contributed by atoms with van der Waals surface area (Å²) in [7, 11) is 0. The zero-order valence-electron chi connectivity index (χ0n) is 20.5. The second kappa shape index (κ2) is 14.5. The van der Waals surface area contributed by atoms with Crippen molar-refractivity contribution >= 4 is 0 Å². The molecule has 10 N–H and O–H groups in total. The molecule has 3 aliphatic rings. The van der Waals surface area contributed by atoms with Crippen molar-refractivity contribution in [1.29, 1.82) is 0 Å². The fraction of sp³-hybridized carbons (Fsp3) is 1.00. The molecule has 0 aromatic rings. The van der Waals surface area contributed by atoms with Crippen LogP contribution in [0, 0.1) is 0 Å². The SMILES string of the molecule is [N-]=[N+]=NCCO[C@H]1O[C@H](CO[C@H]2O[C@H](CO)[C@@H](O)[C@H](O)[C@@H]2O)[C@@H](O)[C@H](O[C@H]2O[C@H](CO)[C@@H](O)[C@H](O)[C@@H]2O)[C@@H]1O. The van der Waals surface area contributed by atoms with E-state index >= 15 is 0 Å². The quantitative estimate of drug-likeness (QED) is 0.0475.